The number of rotatable bonds is 6. The minimum absolute atomic E-state index is 0.125. The van der Waals surface area contributed by atoms with Gasteiger partial charge in [0.05, 0.1) is 28.8 Å². The molecule has 0 bridgehead atoms. The summed E-state index contributed by atoms with van der Waals surface area (Å²) < 4.78 is 11.3. The number of methoxy groups -OCH3 is 1. The van der Waals surface area contributed by atoms with Crippen molar-refractivity contribution in [2.45, 2.75) is 6.42 Å². The van der Waals surface area contributed by atoms with Gasteiger partial charge in [0.15, 0.2) is 0 Å². The third-order valence-electron chi connectivity index (χ3n) is 2.77. The molecule has 0 aliphatic carbocycles. The first-order valence-electron chi connectivity index (χ1n) is 6.70. The van der Waals surface area contributed by atoms with Gasteiger partial charge in [-0.1, -0.05) is 0 Å². The molecule has 8 heteroatoms. The Morgan fingerprint density at radius 2 is 1.78 bits per heavy atom. The topological polar surface area (TPSA) is 76.7 Å². The fourth-order valence-corrected chi connectivity index (χ4v) is 2.90. The Bertz CT molecular complexity index is 672. The smallest absolute Gasteiger partial charge is 0.279 e. The first kappa shape index (κ1) is 17.3. The zero-order chi connectivity index (χ0) is 16.7. The van der Waals surface area contributed by atoms with Crippen LogP contribution in [0, 0.1) is 0 Å². The first-order chi connectivity index (χ1) is 11.1. The molecule has 2 N–H and O–H groups in total. The van der Waals surface area contributed by atoms with Crippen LogP contribution in [-0.4, -0.2) is 25.5 Å². The highest BCUT2D eigenvalue weighted by Gasteiger charge is 2.09. The second-order valence-corrected chi connectivity index (χ2v) is 6.84. The van der Waals surface area contributed by atoms with Gasteiger partial charge in [-0.3, -0.25) is 20.4 Å². The highest BCUT2D eigenvalue weighted by Crippen LogP contribution is 2.21. The van der Waals surface area contributed by atoms with Gasteiger partial charge in [-0.15, -0.1) is 11.3 Å². The summed E-state index contributed by atoms with van der Waals surface area (Å²) in [6.07, 6.45) is 0.125. The van der Waals surface area contributed by atoms with Crippen molar-refractivity contribution >= 4 is 39.1 Å². The van der Waals surface area contributed by atoms with Crippen molar-refractivity contribution in [2.24, 2.45) is 0 Å². The summed E-state index contributed by atoms with van der Waals surface area (Å²) >= 11 is 4.56. The van der Waals surface area contributed by atoms with Crippen LogP contribution in [0.25, 0.3) is 0 Å². The molecular formula is C15H15BrN2O4S. The molecule has 0 fully saturated rings. The number of hydrogen-bond acceptors (Lipinski definition) is 5. The quantitative estimate of drug-likeness (QED) is 0.733. The van der Waals surface area contributed by atoms with Crippen LogP contribution < -0.4 is 20.3 Å². The molecule has 1 heterocycles. The lowest BCUT2D eigenvalue weighted by atomic mass is 10.3. The van der Waals surface area contributed by atoms with Gasteiger partial charge in [0.1, 0.15) is 11.5 Å². The van der Waals surface area contributed by atoms with Gasteiger partial charge >= 0.3 is 0 Å². The lowest BCUT2D eigenvalue weighted by Gasteiger charge is -2.08. The fraction of sp³-hybridized carbons (Fsp3) is 0.200. The number of thiophene rings is 1. The maximum atomic E-state index is 11.7. The van der Waals surface area contributed by atoms with Crippen molar-refractivity contribution in [3.8, 4) is 11.5 Å². The molecule has 1 aromatic heterocycles. The number of carbonyl (C=O) groups is 2. The molecule has 2 aromatic rings. The minimum atomic E-state index is -0.356. The molecule has 23 heavy (non-hydrogen) atoms. The number of nitrogens with one attached hydrogen (secondary N) is 2. The van der Waals surface area contributed by atoms with Gasteiger partial charge in [-0.2, -0.15) is 0 Å². The van der Waals surface area contributed by atoms with E-state index in [0.29, 0.717) is 10.6 Å². The van der Waals surface area contributed by atoms with Crippen LogP contribution in [0.3, 0.4) is 0 Å². The molecule has 0 radical (unpaired) electrons. The second-order valence-electron chi connectivity index (χ2n) is 4.38. The van der Waals surface area contributed by atoms with Crippen LogP contribution in [-0.2, 0) is 4.79 Å². The highest BCUT2D eigenvalue weighted by molar-refractivity contribution is 9.11. The summed E-state index contributed by atoms with van der Waals surface area (Å²) in [6.45, 7) is 0.207. The lowest BCUT2D eigenvalue weighted by molar-refractivity contribution is -0.122. The monoisotopic (exact) mass is 398 g/mol. The van der Waals surface area contributed by atoms with Gasteiger partial charge in [0.25, 0.3) is 5.91 Å². The number of halogens is 1. The zero-order valence-electron chi connectivity index (χ0n) is 12.3. The van der Waals surface area contributed by atoms with E-state index < -0.39 is 0 Å². The van der Waals surface area contributed by atoms with Crippen molar-refractivity contribution < 1.29 is 19.1 Å². The van der Waals surface area contributed by atoms with Gasteiger partial charge in [0.2, 0.25) is 5.91 Å². The number of ether oxygens (including phenoxy) is 2. The second kappa shape index (κ2) is 8.54. The normalized spacial score (nSPS) is 10.0. The maximum absolute atomic E-state index is 11.7. The molecule has 0 saturated carbocycles. The van der Waals surface area contributed by atoms with Crippen LogP contribution in [0.15, 0.2) is 40.2 Å². The molecule has 6 nitrogen and oxygen atoms in total. The molecule has 0 unspecified atom stereocenters. The Morgan fingerprint density at radius 1 is 1.09 bits per heavy atom. The van der Waals surface area contributed by atoms with Crippen molar-refractivity contribution in [1.82, 2.24) is 10.9 Å². The number of benzene rings is 1. The van der Waals surface area contributed by atoms with Crippen LogP contribution >= 0.6 is 27.3 Å². The van der Waals surface area contributed by atoms with E-state index >= 15 is 0 Å². The van der Waals surface area contributed by atoms with Crippen LogP contribution in [0.1, 0.15) is 16.1 Å². The van der Waals surface area contributed by atoms with E-state index in [4.69, 9.17) is 9.47 Å². The van der Waals surface area contributed by atoms with E-state index in [2.05, 4.69) is 26.8 Å². The molecule has 0 saturated heterocycles. The van der Waals surface area contributed by atoms with E-state index in [-0.39, 0.29) is 24.8 Å². The Morgan fingerprint density at radius 3 is 2.39 bits per heavy atom. The third kappa shape index (κ3) is 5.57. The summed E-state index contributed by atoms with van der Waals surface area (Å²) in [4.78, 5) is 23.9. The number of carbonyl (C=O) groups excluding carboxylic acids is 2. The summed E-state index contributed by atoms with van der Waals surface area (Å²) in [5.41, 5.74) is 4.70. The molecule has 0 spiro atoms. The highest BCUT2D eigenvalue weighted by atomic mass is 79.9. The van der Waals surface area contributed by atoms with Crippen molar-refractivity contribution in [2.75, 3.05) is 13.7 Å². The van der Waals surface area contributed by atoms with Crippen molar-refractivity contribution in [1.29, 1.82) is 0 Å². The molecule has 0 atom stereocenters. The van der Waals surface area contributed by atoms with E-state index in [9.17, 15) is 9.59 Å². The minimum Gasteiger partial charge on any atom is -0.497 e. The standard InChI is InChI=1S/C15H15BrN2O4S/c1-21-10-2-4-11(5-3-10)22-9-8-14(19)17-18-15(20)12-6-7-13(16)23-12/h2-7H,8-9H2,1H3,(H,17,19)(H,18,20). The predicted octanol–water partition coefficient (Wildman–Crippen LogP) is 2.75. The number of hydrazine groups is 1. The van der Waals surface area contributed by atoms with Crippen LogP contribution in [0.4, 0.5) is 0 Å². The zero-order valence-corrected chi connectivity index (χ0v) is 14.7. The van der Waals surface area contributed by atoms with E-state index in [0.717, 1.165) is 9.54 Å². The van der Waals surface area contributed by atoms with Crippen LogP contribution in [0.5, 0.6) is 11.5 Å². The molecule has 0 aliphatic heterocycles. The van der Waals surface area contributed by atoms with Gasteiger partial charge in [0, 0.05) is 0 Å². The van der Waals surface area contributed by atoms with Gasteiger partial charge < -0.3 is 9.47 Å². The fourth-order valence-electron chi connectivity index (χ4n) is 1.62. The Hall–Kier alpha value is -2.06. The predicted molar refractivity (Wildman–Crippen MR) is 90.7 cm³/mol. The van der Waals surface area contributed by atoms with Crippen LogP contribution in [0.2, 0.25) is 0 Å². The molecular weight excluding hydrogens is 384 g/mol. The van der Waals surface area contributed by atoms with E-state index in [1.54, 1.807) is 43.5 Å². The summed E-state index contributed by atoms with van der Waals surface area (Å²) in [5.74, 6) is 0.691. The molecule has 2 rings (SSSR count). The maximum Gasteiger partial charge on any atom is 0.279 e. The summed E-state index contributed by atoms with van der Waals surface area (Å²) in [7, 11) is 1.59. The average Bonchev–Trinajstić information content (AvgIpc) is 3.00. The van der Waals surface area contributed by atoms with Crippen molar-refractivity contribution in [3.63, 3.8) is 0 Å². The largest absolute Gasteiger partial charge is 0.497 e. The molecule has 1 aromatic carbocycles. The molecule has 122 valence electrons. The first-order valence-corrected chi connectivity index (χ1v) is 8.31. The third-order valence-corrected chi connectivity index (χ3v) is 4.39. The number of amides is 2. The van der Waals surface area contributed by atoms with E-state index in [1.807, 2.05) is 0 Å². The number of hydrogen-bond donors (Lipinski definition) is 2. The molecule has 2 amide bonds. The average molecular weight is 399 g/mol. The SMILES string of the molecule is COc1ccc(OCCC(=O)NNC(=O)c2ccc(Br)s2)cc1. The van der Waals surface area contributed by atoms with Crippen molar-refractivity contribution in [3.05, 3.63) is 45.1 Å². The summed E-state index contributed by atoms with van der Waals surface area (Å²) in [5, 5.41) is 0. The van der Waals surface area contributed by atoms with Gasteiger partial charge in [-0.25, -0.2) is 0 Å². The van der Waals surface area contributed by atoms with Gasteiger partial charge in [-0.05, 0) is 52.3 Å². The lowest BCUT2D eigenvalue weighted by Crippen LogP contribution is -2.41. The summed E-state index contributed by atoms with van der Waals surface area (Å²) in [6, 6.07) is 10.5. The Kier molecular flexibility index (Phi) is 6.42. The van der Waals surface area contributed by atoms with E-state index in [1.165, 1.54) is 11.3 Å². The molecule has 0 aliphatic rings. The Balaban J connectivity index is 1.67. The Labute approximate surface area is 145 Å².